The Balaban J connectivity index is 1.08. The number of urea groups is 1. The molecule has 12 heteroatoms. The van der Waals surface area contributed by atoms with Crippen LogP contribution in [-0.2, 0) is 22.4 Å². The number of halogens is 2. The highest BCUT2D eigenvalue weighted by Crippen LogP contribution is 2.29. The van der Waals surface area contributed by atoms with Gasteiger partial charge in [-0.3, -0.25) is 9.69 Å². The van der Waals surface area contributed by atoms with Gasteiger partial charge in [0.05, 0.1) is 0 Å². The summed E-state index contributed by atoms with van der Waals surface area (Å²) in [7, 11) is 2.19. The topological polar surface area (TPSA) is 88.7 Å². The van der Waals surface area contributed by atoms with Gasteiger partial charge in [0.15, 0.2) is 6.10 Å². The van der Waals surface area contributed by atoms with Gasteiger partial charge >= 0.3 is 12.1 Å². The van der Waals surface area contributed by atoms with Crippen molar-refractivity contribution in [3.63, 3.8) is 0 Å². The van der Waals surface area contributed by atoms with Gasteiger partial charge in [-0.1, -0.05) is 50.1 Å². The third-order valence-corrected chi connectivity index (χ3v) is 12.3. The van der Waals surface area contributed by atoms with E-state index in [2.05, 4.69) is 60.1 Å². The van der Waals surface area contributed by atoms with Crippen molar-refractivity contribution in [3.05, 3.63) is 62.0 Å². The third kappa shape index (κ3) is 8.37. The number of nitrogens with zero attached hydrogens (tertiary/aromatic N) is 5. The second-order valence-corrected chi connectivity index (χ2v) is 15.5. The van der Waals surface area contributed by atoms with E-state index in [9.17, 15) is 14.4 Å². The highest BCUT2D eigenvalue weighted by atomic mass is 79.9. The van der Waals surface area contributed by atoms with Crippen LogP contribution in [0.1, 0.15) is 48.8 Å². The Bertz CT molecular complexity index is 1450. The first-order valence-electron chi connectivity index (χ1n) is 17.4. The van der Waals surface area contributed by atoms with Crippen LogP contribution in [0.4, 0.5) is 15.3 Å². The fraction of sp³-hybridized carbons (Fsp3) is 0.583. The van der Waals surface area contributed by atoms with Crippen molar-refractivity contribution in [1.29, 1.82) is 0 Å². The van der Waals surface area contributed by atoms with Crippen molar-refractivity contribution in [2.75, 3.05) is 71.3 Å². The summed E-state index contributed by atoms with van der Waals surface area (Å²) >= 11 is 7.28. The zero-order valence-corrected chi connectivity index (χ0v) is 31.3. The quantitative estimate of drug-likeness (QED) is 0.402. The molecule has 2 aromatic rings. The first kappa shape index (κ1) is 35.2. The van der Waals surface area contributed by atoms with Crippen molar-refractivity contribution in [3.8, 4) is 0 Å². The van der Waals surface area contributed by atoms with E-state index in [1.807, 2.05) is 47.1 Å². The van der Waals surface area contributed by atoms with Gasteiger partial charge in [0, 0.05) is 79.0 Å². The predicted octanol–water partition coefficient (Wildman–Crippen LogP) is 5.75. The molecular formula is C36H48Br2N6O4. The molecule has 0 radical (unpaired) electrons. The molecule has 4 aliphatic heterocycles. The fourth-order valence-electron chi connectivity index (χ4n) is 7.59. The van der Waals surface area contributed by atoms with Gasteiger partial charge in [0.2, 0.25) is 0 Å². The standard InChI is InChI=1S/C36H48Br2N6O4/c1-25-30(37)22-26(23-31(25)38)24-33(34(45)42-15-9-28(10-16-42)41-14-5-13-40(2)20-21-41)48-36(47)43-17-11-29(12-18-43)44-19-8-27-6-3-4-7-32(27)39-35(44)46/h3-4,6-7,22-23,28-29,33H,5,8-21,24H2,1-2H3,(H,39,46)/t33-/m1/s1. The largest absolute Gasteiger partial charge is 0.436 e. The van der Waals surface area contributed by atoms with Crippen molar-refractivity contribution in [2.45, 2.75) is 70.1 Å². The molecule has 1 atom stereocenters. The van der Waals surface area contributed by atoms with Crippen LogP contribution in [0.5, 0.6) is 0 Å². The molecule has 10 nitrogen and oxygen atoms in total. The molecule has 3 saturated heterocycles. The number of piperidine rings is 2. The monoisotopic (exact) mass is 786 g/mol. The van der Waals surface area contributed by atoms with Crippen LogP contribution in [0.25, 0.3) is 0 Å². The van der Waals surface area contributed by atoms with Crippen LogP contribution in [0.2, 0.25) is 0 Å². The van der Waals surface area contributed by atoms with Gasteiger partial charge in [0.25, 0.3) is 5.91 Å². The molecule has 0 unspecified atom stereocenters. The number of ether oxygens (including phenoxy) is 1. The maximum Gasteiger partial charge on any atom is 0.410 e. The van der Waals surface area contributed by atoms with Crippen LogP contribution in [0.15, 0.2) is 45.3 Å². The maximum absolute atomic E-state index is 14.1. The highest BCUT2D eigenvalue weighted by Gasteiger charge is 2.36. The summed E-state index contributed by atoms with van der Waals surface area (Å²) in [5.41, 5.74) is 4.00. The number of carbonyl (C=O) groups excluding carboxylic acids is 3. The van der Waals surface area contributed by atoms with Gasteiger partial charge in [0.1, 0.15) is 0 Å². The Morgan fingerprint density at radius 3 is 2.27 bits per heavy atom. The number of anilines is 1. The van der Waals surface area contributed by atoms with E-state index in [0.29, 0.717) is 58.0 Å². The molecule has 2 aromatic carbocycles. The number of amides is 4. The molecule has 0 spiro atoms. The van der Waals surface area contributed by atoms with Gasteiger partial charge < -0.3 is 29.7 Å². The minimum atomic E-state index is -0.921. The molecule has 48 heavy (non-hydrogen) atoms. The van der Waals surface area contributed by atoms with Gasteiger partial charge in [-0.2, -0.15) is 0 Å². The van der Waals surface area contributed by atoms with E-state index in [-0.39, 0.29) is 18.0 Å². The number of likely N-dealkylation sites (tertiary alicyclic amines) is 2. The van der Waals surface area contributed by atoms with Crippen LogP contribution >= 0.6 is 31.9 Å². The molecule has 0 bridgehead atoms. The summed E-state index contributed by atoms with van der Waals surface area (Å²) in [6.45, 7) is 9.32. The predicted molar refractivity (Wildman–Crippen MR) is 194 cm³/mol. The van der Waals surface area contributed by atoms with Crippen LogP contribution < -0.4 is 5.32 Å². The third-order valence-electron chi connectivity index (χ3n) is 10.6. The Morgan fingerprint density at radius 2 is 1.54 bits per heavy atom. The fourth-order valence-corrected chi connectivity index (χ4v) is 8.87. The Labute approximate surface area is 301 Å². The molecule has 260 valence electrons. The molecule has 4 heterocycles. The van der Waals surface area contributed by atoms with Gasteiger partial charge in [-0.15, -0.1) is 0 Å². The van der Waals surface area contributed by atoms with E-state index in [0.717, 1.165) is 76.8 Å². The normalized spacial score (nSPS) is 21.2. The Morgan fingerprint density at radius 1 is 0.875 bits per heavy atom. The lowest BCUT2D eigenvalue weighted by Crippen LogP contribution is -2.52. The smallest absolute Gasteiger partial charge is 0.410 e. The lowest BCUT2D eigenvalue weighted by atomic mass is 10.0. The number of hydrogen-bond acceptors (Lipinski definition) is 6. The molecule has 0 saturated carbocycles. The Kier molecular flexibility index (Phi) is 11.7. The SMILES string of the molecule is Cc1c(Br)cc(C[C@@H](OC(=O)N2CCC(N3CCc4ccccc4NC3=O)CC2)C(=O)N2CCC(N3CCCN(C)CC3)CC2)cc1Br. The van der Waals surface area contributed by atoms with E-state index < -0.39 is 12.2 Å². The van der Waals surface area contributed by atoms with E-state index in [1.54, 1.807) is 4.90 Å². The Hall–Kier alpha value is -2.67. The first-order chi connectivity index (χ1) is 23.2. The molecule has 1 N–H and O–H groups in total. The van der Waals surface area contributed by atoms with Crippen molar-refractivity contribution < 1.29 is 19.1 Å². The van der Waals surface area contributed by atoms with Crippen molar-refractivity contribution in [2.24, 2.45) is 0 Å². The number of likely N-dealkylation sites (N-methyl/N-ethyl adjacent to an activating group) is 1. The number of fused-ring (bicyclic) bond motifs is 1. The average Bonchev–Trinajstić information content (AvgIpc) is 3.41. The number of nitrogens with one attached hydrogen (secondary N) is 1. The lowest BCUT2D eigenvalue weighted by Gasteiger charge is -2.40. The minimum absolute atomic E-state index is 0.0361. The molecular weight excluding hydrogens is 740 g/mol. The summed E-state index contributed by atoms with van der Waals surface area (Å²) in [4.78, 5) is 51.4. The number of hydrogen-bond donors (Lipinski definition) is 1. The average molecular weight is 789 g/mol. The summed E-state index contributed by atoms with van der Waals surface area (Å²) in [6.07, 6.45) is 4.06. The maximum atomic E-state index is 14.1. The molecule has 3 fully saturated rings. The number of para-hydroxylation sites is 1. The first-order valence-corrected chi connectivity index (χ1v) is 19.0. The van der Waals surface area contributed by atoms with E-state index >= 15 is 0 Å². The van der Waals surface area contributed by atoms with E-state index in [1.165, 1.54) is 6.42 Å². The summed E-state index contributed by atoms with van der Waals surface area (Å²) in [6, 6.07) is 12.4. The van der Waals surface area contributed by atoms with Crippen LogP contribution in [0, 0.1) is 6.92 Å². The zero-order valence-electron chi connectivity index (χ0n) is 28.1. The van der Waals surface area contributed by atoms with E-state index in [4.69, 9.17) is 4.74 Å². The summed E-state index contributed by atoms with van der Waals surface area (Å²) in [5.74, 6) is -0.124. The molecule has 0 aromatic heterocycles. The molecule has 4 amide bonds. The second-order valence-electron chi connectivity index (χ2n) is 13.8. The zero-order chi connectivity index (χ0) is 33.8. The lowest BCUT2D eigenvalue weighted by molar-refractivity contribution is -0.142. The van der Waals surface area contributed by atoms with Crippen molar-refractivity contribution in [1.82, 2.24) is 24.5 Å². The van der Waals surface area contributed by atoms with Crippen molar-refractivity contribution >= 4 is 55.6 Å². The summed E-state index contributed by atoms with van der Waals surface area (Å²) in [5, 5.41) is 3.06. The number of benzene rings is 2. The number of rotatable bonds is 6. The second kappa shape index (κ2) is 15.9. The number of carbonyl (C=O) groups is 3. The highest BCUT2D eigenvalue weighted by molar-refractivity contribution is 9.11. The molecule has 4 aliphatic rings. The summed E-state index contributed by atoms with van der Waals surface area (Å²) < 4.78 is 7.99. The molecule has 0 aliphatic carbocycles. The van der Waals surface area contributed by atoms with Crippen LogP contribution in [-0.4, -0.2) is 127 Å². The van der Waals surface area contributed by atoms with Gasteiger partial charge in [-0.05, 0) is 100 Å². The van der Waals surface area contributed by atoms with Gasteiger partial charge in [-0.25, -0.2) is 9.59 Å². The minimum Gasteiger partial charge on any atom is -0.436 e. The van der Waals surface area contributed by atoms with Crippen LogP contribution in [0.3, 0.4) is 0 Å². The molecule has 6 rings (SSSR count).